The van der Waals surface area contributed by atoms with E-state index in [1.54, 1.807) is 7.11 Å². The van der Waals surface area contributed by atoms with Crippen LogP contribution >= 0.6 is 0 Å². The van der Waals surface area contributed by atoms with E-state index >= 15 is 0 Å². The van der Waals surface area contributed by atoms with E-state index in [-0.39, 0.29) is 30.5 Å². The summed E-state index contributed by atoms with van der Waals surface area (Å²) in [6.45, 7) is 8.83. The fraction of sp³-hybridized carbons (Fsp3) is 0.714. The fourth-order valence-electron chi connectivity index (χ4n) is 3.56. The molecule has 2 saturated heterocycles. The highest BCUT2D eigenvalue weighted by Crippen LogP contribution is 2.43. The smallest absolute Gasteiger partial charge is 0.190 e. The van der Waals surface area contributed by atoms with Gasteiger partial charge in [0.1, 0.15) is 18.0 Å². The van der Waals surface area contributed by atoms with Gasteiger partial charge in [-0.2, -0.15) is 0 Å². The highest BCUT2D eigenvalue weighted by molar-refractivity contribution is 5.32. The standard InChI is InChI=1S/C21H32O5/c1-6-7-11-17-18(23-13-15-10-8-9-12-16(15)22-5)19-20(24-17)26-21(4,25-19)14(2)3/h8-10,12,14,17-20H,6-7,11,13H2,1-5H3/t17-,18+,19-,20-,21?/m1/s1. The van der Waals surface area contributed by atoms with Gasteiger partial charge in [-0.1, -0.05) is 51.8 Å². The minimum atomic E-state index is -0.628. The maximum absolute atomic E-state index is 6.32. The van der Waals surface area contributed by atoms with E-state index < -0.39 is 5.79 Å². The Hall–Kier alpha value is -1.14. The van der Waals surface area contributed by atoms with Crippen molar-refractivity contribution in [3.05, 3.63) is 29.8 Å². The quantitative estimate of drug-likeness (QED) is 0.689. The number of benzene rings is 1. The van der Waals surface area contributed by atoms with E-state index in [2.05, 4.69) is 20.8 Å². The van der Waals surface area contributed by atoms with E-state index in [1.165, 1.54) is 0 Å². The first-order chi connectivity index (χ1) is 12.5. The highest BCUT2D eigenvalue weighted by Gasteiger charge is 2.57. The minimum Gasteiger partial charge on any atom is -0.496 e. The van der Waals surface area contributed by atoms with Gasteiger partial charge in [0.2, 0.25) is 0 Å². The molecule has 5 nitrogen and oxygen atoms in total. The molecule has 1 aromatic rings. The number of methoxy groups -OCH3 is 1. The first-order valence-electron chi connectivity index (χ1n) is 9.73. The van der Waals surface area contributed by atoms with Crippen molar-refractivity contribution in [3.8, 4) is 5.75 Å². The van der Waals surface area contributed by atoms with Gasteiger partial charge in [-0.05, 0) is 19.4 Å². The van der Waals surface area contributed by atoms with Gasteiger partial charge < -0.3 is 23.7 Å². The number of fused-ring (bicyclic) bond motifs is 1. The molecule has 1 unspecified atom stereocenters. The Morgan fingerprint density at radius 3 is 2.65 bits per heavy atom. The van der Waals surface area contributed by atoms with Crippen LogP contribution in [0.3, 0.4) is 0 Å². The van der Waals surface area contributed by atoms with Gasteiger partial charge in [0.25, 0.3) is 0 Å². The van der Waals surface area contributed by atoms with Crippen LogP contribution < -0.4 is 4.74 Å². The zero-order valence-electron chi connectivity index (χ0n) is 16.6. The van der Waals surface area contributed by atoms with Crippen LogP contribution in [0.5, 0.6) is 5.75 Å². The molecule has 0 aliphatic carbocycles. The van der Waals surface area contributed by atoms with Crippen molar-refractivity contribution in [3.63, 3.8) is 0 Å². The van der Waals surface area contributed by atoms with Crippen LogP contribution in [0, 0.1) is 5.92 Å². The second-order valence-electron chi connectivity index (χ2n) is 7.64. The summed E-state index contributed by atoms with van der Waals surface area (Å²) in [5, 5.41) is 0. The maximum atomic E-state index is 6.32. The normalized spacial score (nSPS) is 33.6. The van der Waals surface area contributed by atoms with Crippen LogP contribution in [-0.4, -0.2) is 37.5 Å². The summed E-state index contributed by atoms with van der Waals surface area (Å²) in [5.74, 6) is 0.446. The molecule has 2 fully saturated rings. The Morgan fingerprint density at radius 1 is 1.19 bits per heavy atom. The zero-order chi connectivity index (χ0) is 18.7. The van der Waals surface area contributed by atoms with Gasteiger partial charge in [-0.25, -0.2) is 0 Å². The van der Waals surface area contributed by atoms with Crippen LogP contribution in [0.25, 0.3) is 0 Å². The number of hydrogen-bond acceptors (Lipinski definition) is 5. The lowest BCUT2D eigenvalue weighted by atomic mass is 10.0. The summed E-state index contributed by atoms with van der Waals surface area (Å²) in [7, 11) is 1.68. The van der Waals surface area contributed by atoms with Gasteiger partial charge in [0, 0.05) is 11.5 Å². The van der Waals surface area contributed by atoms with Gasteiger partial charge in [0.15, 0.2) is 12.1 Å². The van der Waals surface area contributed by atoms with Crippen molar-refractivity contribution >= 4 is 0 Å². The van der Waals surface area contributed by atoms with E-state index in [4.69, 9.17) is 23.7 Å². The van der Waals surface area contributed by atoms with Crippen molar-refractivity contribution in [2.24, 2.45) is 5.92 Å². The molecule has 146 valence electrons. The van der Waals surface area contributed by atoms with Crippen molar-refractivity contribution < 1.29 is 23.7 Å². The van der Waals surface area contributed by atoms with Crippen molar-refractivity contribution in [2.75, 3.05) is 7.11 Å². The first-order valence-corrected chi connectivity index (χ1v) is 9.73. The molecule has 0 amide bonds. The van der Waals surface area contributed by atoms with Gasteiger partial charge in [0.05, 0.1) is 19.8 Å². The molecule has 2 heterocycles. The Labute approximate surface area is 156 Å². The molecule has 0 radical (unpaired) electrons. The van der Waals surface area contributed by atoms with Crippen molar-refractivity contribution in [1.29, 1.82) is 0 Å². The largest absolute Gasteiger partial charge is 0.496 e. The van der Waals surface area contributed by atoms with Crippen LogP contribution in [0.1, 0.15) is 52.5 Å². The third kappa shape index (κ3) is 3.91. The molecule has 5 atom stereocenters. The maximum Gasteiger partial charge on any atom is 0.190 e. The van der Waals surface area contributed by atoms with E-state index in [9.17, 15) is 0 Å². The SMILES string of the molecule is CCCC[C@H]1O[C@@H]2OC(C)(C(C)C)O[C@@H]2[C@H]1OCc1ccccc1OC. The Bertz CT molecular complexity index is 590. The lowest BCUT2D eigenvalue weighted by molar-refractivity contribution is -0.247. The molecule has 0 spiro atoms. The third-order valence-electron chi connectivity index (χ3n) is 5.50. The second-order valence-corrected chi connectivity index (χ2v) is 7.64. The average Bonchev–Trinajstić information content (AvgIpc) is 3.12. The number of unbranched alkanes of at least 4 members (excludes halogenated alkanes) is 1. The average molecular weight is 364 g/mol. The summed E-state index contributed by atoms with van der Waals surface area (Å²) in [4.78, 5) is 0. The molecule has 0 N–H and O–H groups in total. The van der Waals surface area contributed by atoms with Crippen molar-refractivity contribution in [1.82, 2.24) is 0 Å². The molecular weight excluding hydrogens is 332 g/mol. The summed E-state index contributed by atoms with van der Waals surface area (Å²) >= 11 is 0. The number of rotatable bonds is 8. The number of hydrogen-bond donors (Lipinski definition) is 0. The summed E-state index contributed by atoms with van der Waals surface area (Å²) in [6.07, 6.45) is 2.48. The summed E-state index contributed by atoms with van der Waals surface area (Å²) in [5.41, 5.74) is 1.03. The molecule has 0 bridgehead atoms. The third-order valence-corrected chi connectivity index (χ3v) is 5.50. The van der Waals surface area contributed by atoms with E-state index in [0.717, 1.165) is 30.6 Å². The lowest BCUT2D eigenvalue weighted by Gasteiger charge is -2.31. The molecule has 2 aliphatic rings. The van der Waals surface area contributed by atoms with Crippen molar-refractivity contribution in [2.45, 2.75) is 84.0 Å². The van der Waals surface area contributed by atoms with E-state index in [0.29, 0.717) is 6.61 Å². The van der Waals surface area contributed by atoms with Gasteiger partial charge in [-0.3, -0.25) is 0 Å². The first kappa shape index (κ1) is 19.6. The Morgan fingerprint density at radius 2 is 1.96 bits per heavy atom. The molecule has 0 saturated carbocycles. The highest BCUT2D eigenvalue weighted by atomic mass is 16.8. The fourth-order valence-corrected chi connectivity index (χ4v) is 3.56. The van der Waals surface area contributed by atoms with Gasteiger partial charge in [-0.15, -0.1) is 0 Å². The molecular formula is C21H32O5. The van der Waals surface area contributed by atoms with Gasteiger partial charge >= 0.3 is 0 Å². The van der Waals surface area contributed by atoms with E-state index in [1.807, 2.05) is 31.2 Å². The molecule has 3 rings (SSSR count). The van der Waals surface area contributed by atoms with Crippen LogP contribution in [0.2, 0.25) is 0 Å². The summed E-state index contributed by atoms with van der Waals surface area (Å²) < 4.78 is 30.4. The number of para-hydroxylation sites is 1. The predicted octanol–water partition coefficient (Wildman–Crippen LogP) is 4.28. The van der Waals surface area contributed by atoms with Crippen LogP contribution in [0.4, 0.5) is 0 Å². The van der Waals surface area contributed by atoms with Crippen LogP contribution in [-0.2, 0) is 25.6 Å². The molecule has 2 aliphatic heterocycles. The van der Waals surface area contributed by atoms with Crippen LogP contribution in [0.15, 0.2) is 24.3 Å². The minimum absolute atomic E-state index is 0.00336. The Kier molecular flexibility index (Phi) is 6.23. The monoisotopic (exact) mass is 364 g/mol. The lowest BCUT2D eigenvalue weighted by Crippen LogP contribution is -2.40. The molecule has 5 heteroatoms. The predicted molar refractivity (Wildman–Crippen MR) is 99.0 cm³/mol. The molecule has 1 aromatic carbocycles. The molecule has 26 heavy (non-hydrogen) atoms. The topological polar surface area (TPSA) is 46.2 Å². The Balaban J connectivity index is 1.72. The number of ether oxygens (including phenoxy) is 5. The molecule has 0 aromatic heterocycles. The summed E-state index contributed by atoms with van der Waals surface area (Å²) in [6, 6.07) is 7.93. The zero-order valence-corrected chi connectivity index (χ0v) is 16.6. The second kappa shape index (κ2) is 8.26.